The zero-order valence-corrected chi connectivity index (χ0v) is 8.59. The lowest BCUT2D eigenvalue weighted by atomic mass is 9.89. The molecule has 0 saturated heterocycles. The van der Waals surface area contributed by atoms with Gasteiger partial charge in [0.05, 0.1) is 6.10 Å². The van der Waals surface area contributed by atoms with Crippen molar-refractivity contribution in [2.75, 3.05) is 13.7 Å². The molecule has 0 aromatic rings. The van der Waals surface area contributed by atoms with Crippen molar-refractivity contribution >= 4 is 0 Å². The Labute approximate surface area is 81.0 Å². The SMILES string of the molecule is COC1CC(NCC2CCCC2)C1. The molecule has 2 aliphatic rings. The maximum absolute atomic E-state index is 5.25. The van der Waals surface area contributed by atoms with E-state index in [0.29, 0.717) is 6.10 Å². The summed E-state index contributed by atoms with van der Waals surface area (Å²) in [6, 6.07) is 0.755. The van der Waals surface area contributed by atoms with Gasteiger partial charge in [-0.3, -0.25) is 0 Å². The van der Waals surface area contributed by atoms with Crippen LogP contribution in [0.5, 0.6) is 0 Å². The van der Waals surface area contributed by atoms with E-state index in [1.807, 2.05) is 7.11 Å². The molecule has 1 N–H and O–H groups in total. The third-order valence-electron chi connectivity index (χ3n) is 3.60. The minimum absolute atomic E-state index is 0.543. The van der Waals surface area contributed by atoms with Crippen LogP contribution in [0.25, 0.3) is 0 Å². The molecular formula is C11H21NO. The van der Waals surface area contributed by atoms with Gasteiger partial charge < -0.3 is 10.1 Å². The Hall–Kier alpha value is -0.0800. The van der Waals surface area contributed by atoms with E-state index in [2.05, 4.69) is 5.32 Å². The molecule has 2 saturated carbocycles. The van der Waals surface area contributed by atoms with Gasteiger partial charge in [-0.1, -0.05) is 12.8 Å². The van der Waals surface area contributed by atoms with Gasteiger partial charge in [-0.15, -0.1) is 0 Å². The first kappa shape index (κ1) is 9.47. The maximum atomic E-state index is 5.25. The van der Waals surface area contributed by atoms with Crippen molar-refractivity contribution in [2.45, 2.75) is 50.7 Å². The van der Waals surface area contributed by atoms with Crippen molar-refractivity contribution in [3.05, 3.63) is 0 Å². The van der Waals surface area contributed by atoms with Gasteiger partial charge >= 0.3 is 0 Å². The largest absolute Gasteiger partial charge is 0.381 e. The molecule has 0 unspecified atom stereocenters. The lowest BCUT2D eigenvalue weighted by molar-refractivity contribution is 0.0165. The summed E-state index contributed by atoms with van der Waals surface area (Å²) in [5.41, 5.74) is 0. The van der Waals surface area contributed by atoms with Crippen molar-refractivity contribution < 1.29 is 4.74 Å². The molecular weight excluding hydrogens is 162 g/mol. The van der Waals surface area contributed by atoms with Crippen LogP contribution in [0.4, 0.5) is 0 Å². The molecule has 2 rings (SSSR count). The molecule has 13 heavy (non-hydrogen) atoms. The number of methoxy groups -OCH3 is 1. The summed E-state index contributed by atoms with van der Waals surface area (Å²) in [6.45, 7) is 1.25. The van der Waals surface area contributed by atoms with Gasteiger partial charge in [-0.25, -0.2) is 0 Å². The molecule has 0 bridgehead atoms. The van der Waals surface area contributed by atoms with E-state index in [1.165, 1.54) is 45.1 Å². The van der Waals surface area contributed by atoms with E-state index in [4.69, 9.17) is 4.74 Å². The number of ether oxygens (including phenoxy) is 1. The topological polar surface area (TPSA) is 21.3 Å². The first-order chi connectivity index (χ1) is 6.38. The third kappa shape index (κ3) is 2.44. The molecule has 2 aliphatic carbocycles. The van der Waals surface area contributed by atoms with E-state index >= 15 is 0 Å². The summed E-state index contributed by atoms with van der Waals surface area (Å²) in [5, 5.41) is 3.65. The van der Waals surface area contributed by atoms with Gasteiger partial charge in [0.2, 0.25) is 0 Å². The van der Waals surface area contributed by atoms with Gasteiger partial charge in [0.25, 0.3) is 0 Å². The molecule has 2 fully saturated rings. The second kappa shape index (κ2) is 4.43. The number of hydrogen-bond donors (Lipinski definition) is 1. The molecule has 0 amide bonds. The fourth-order valence-corrected chi connectivity index (χ4v) is 2.47. The summed E-state index contributed by atoms with van der Waals surface area (Å²) < 4.78 is 5.25. The van der Waals surface area contributed by atoms with Gasteiger partial charge in [0.15, 0.2) is 0 Å². The van der Waals surface area contributed by atoms with E-state index in [-0.39, 0.29) is 0 Å². The van der Waals surface area contributed by atoms with Crippen LogP contribution in [-0.2, 0) is 4.74 Å². The average Bonchev–Trinajstić information content (AvgIpc) is 2.54. The highest BCUT2D eigenvalue weighted by atomic mass is 16.5. The summed E-state index contributed by atoms with van der Waals surface area (Å²) in [6.07, 6.45) is 8.81. The molecule has 0 spiro atoms. The van der Waals surface area contributed by atoms with Crippen LogP contribution < -0.4 is 5.32 Å². The Kier molecular flexibility index (Phi) is 3.23. The summed E-state index contributed by atoms with van der Waals surface area (Å²) in [5.74, 6) is 0.974. The number of rotatable bonds is 4. The van der Waals surface area contributed by atoms with Gasteiger partial charge in [0.1, 0.15) is 0 Å². The Balaban J connectivity index is 1.54. The third-order valence-corrected chi connectivity index (χ3v) is 3.60. The van der Waals surface area contributed by atoms with Crippen LogP contribution in [0.3, 0.4) is 0 Å². The monoisotopic (exact) mass is 183 g/mol. The molecule has 0 atom stereocenters. The van der Waals surface area contributed by atoms with Crippen LogP contribution in [-0.4, -0.2) is 25.8 Å². The maximum Gasteiger partial charge on any atom is 0.0601 e. The van der Waals surface area contributed by atoms with E-state index in [1.54, 1.807) is 0 Å². The van der Waals surface area contributed by atoms with Crippen LogP contribution in [0, 0.1) is 5.92 Å². The standard InChI is InChI=1S/C11H21NO/c1-13-11-6-10(7-11)12-8-9-4-2-3-5-9/h9-12H,2-8H2,1H3. The summed E-state index contributed by atoms with van der Waals surface area (Å²) >= 11 is 0. The van der Waals surface area contributed by atoms with Crippen LogP contribution in [0.15, 0.2) is 0 Å². The summed E-state index contributed by atoms with van der Waals surface area (Å²) in [7, 11) is 1.82. The highest BCUT2D eigenvalue weighted by Crippen LogP contribution is 2.26. The lowest BCUT2D eigenvalue weighted by Crippen LogP contribution is -2.46. The quantitative estimate of drug-likeness (QED) is 0.719. The molecule has 0 heterocycles. The Bertz CT molecular complexity index is 148. The van der Waals surface area contributed by atoms with Gasteiger partial charge in [0, 0.05) is 13.2 Å². The first-order valence-electron chi connectivity index (χ1n) is 5.64. The van der Waals surface area contributed by atoms with Crippen molar-refractivity contribution in [1.82, 2.24) is 5.32 Å². The van der Waals surface area contributed by atoms with Crippen molar-refractivity contribution in [3.63, 3.8) is 0 Å². The fraction of sp³-hybridized carbons (Fsp3) is 1.00. The Morgan fingerprint density at radius 1 is 1.23 bits per heavy atom. The molecule has 0 radical (unpaired) electrons. The van der Waals surface area contributed by atoms with Gasteiger partial charge in [-0.05, 0) is 38.1 Å². The highest BCUT2D eigenvalue weighted by molar-refractivity contribution is 4.86. The minimum Gasteiger partial charge on any atom is -0.381 e. The predicted octanol–water partition coefficient (Wildman–Crippen LogP) is 1.94. The van der Waals surface area contributed by atoms with Crippen LogP contribution >= 0.6 is 0 Å². The molecule has 76 valence electrons. The smallest absolute Gasteiger partial charge is 0.0601 e. The van der Waals surface area contributed by atoms with E-state index < -0.39 is 0 Å². The van der Waals surface area contributed by atoms with Crippen molar-refractivity contribution in [2.24, 2.45) is 5.92 Å². The van der Waals surface area contributed by atoms with Crippen molar-refractivity contribution in [3.8, 4) is 0 Å². The highest BCUT2D eigenvalue weighted by Gasteiger charge is 2.29. The van der Waals surface area contributed by atoms with Crippen LogP contribution in [0.1, 0.15) is 38.5 Å². The van der Waals surface area contributed by atoms with E-state index in [0.717, 1.165) is 12.0 Å². The summed E-state index contributed by atoms with van der Waals surface area (Å²) in [4.78, 5) is 0. The number of hydrogen-bond acceptors (Lipinski definition) is 2. The average molecular weight is 183 g/mol. The molecule has 2 heteroatoms. The Morgan fingerprint density at radius 3 is 2.54 bits per heavy atom. The number of nitrogens with one attached hydrogen (secondary N) is 1. The fourth-order valence-electron chi connectivity index (χ4n) is 2.47. The zero-order chi connectivity index (χ0) is 9.10. The van der Waals surface area contributed by atoms with E-state index in [9.17, 15) is 0 Å². The zero-order valence-electron chi connectivity index (χ0n) is 8.59. The molecule has 0 aromatic carbocycles. The molecule has 0 aromatic heterocycles. The second-order valence-corrected chi connectivity index (χ2v) is 4.58. The Morgan fingerprint density at radius 2 is 1.92 bits per heavy atom. The predicted molar refractivity (Wildman–Crippen MR) is 53.8 cm³/mol. The molecule has 2 nitrogen and oxygen atoms in total. The van der Waals surface area contributed by atoms with Crippen LogP contribution in [0.2, 0.25) is 0 Å². The van der Waals surface area contributed by atoms with Gasteiger partial charge in [-0.2, -0.15) is 0 Å². The second-order valence-electron chi connectivity index (χ2n) is 4.58. The molecule has 0 aliphatic heterocycles. The lowest BCUT2D eigenvalue weighted by Gasteiger charge is -2.35. The van der Waals surface area contributed by atoms with Crippen molar-refractivity contribution in [1.29, 1.82) is 0 Å². The minimum atomic E-state index is 0.543. The first-order valence-corrected chi connectivity index (χ1v) is 5.64. The normalized spacial score (nSPS) is 34.8.